The van der Waals surface area contributed by atoms with Crippen LogP contribution in [-0.4, -0.2) is 26.7 Å². The molecule has 4 heteroatoms. The van der Waals surface area contributed by atoms with E-state index in [2.05, 4.69) is 29.5 Å². The fourth-order valence-corrected chi connectivity index (χ4v) is 1.45. The van der Waals surface area contributed by atoms with Gasteiger partial charge in [-0.15, -0.1) is 0 Å². The molecule has 18 heavy (non-hydrogen) atoms. The fraction of sp³-hybridized carbons (Fsp3) is 0.500. The van der Waals surface area contributed by atoms with Crippen LogP contribution < -0.4 is 15.4 Å². The largest absolute Gasteiger partial charge is 0.497 e. The lowest BCUT2D eigenvalue weighted by molar-refractivity contribution is 0.414. The second kappa shape index (κ2) is 7.58. The fourth-order valence-electron chi connectivity index (χ4n) is 1.45. The van der Waals surface area contributed by atoms with Crippen LogP contribution >= 0.6 is 0 Å². The van der Waals surface area contributed by atoms with Crippen LogP contribution in [0.1, 0.15) is 19.4 Å². The number of ether oxygens (including phenoxy) is 1. The molecular weight excluding hydrogens is 226 g/mol. The van der Waals surface area contributed by atoms with Gasteiger partial charge in [0.05, 0.1) is 7.11 Å². The topological polar surface area (TPSA) is 45.7 Å². The summed E-state index contributed by atoms with van der Waals surface area (Å²) >= 11 is 0. The molecule has 0 fully saturated rings. The van der Waals surface area contributed by atoms with Gasteiger partial charge in [-0.1, -0.05) is 26.0 Å². The average Bonchev–Trinajstić information content (AvgIpc) is 2.39. The van der Waals surface area contributed by atoms with E-state index in [0.717, 1.165) is 24.8 Å². The van der Waals surface area contributed by atoms with Gasteiger partial charge in [-0.3, -0.25) is 4.99 Å². The number of aliphatic imine (C=N–C) groups is 1. The first-order valence-corrected chi connectivity index (χ1v) is 6.23. The molecule has 0 saturated carbocycles. The van der Waals surface area contributed by atoms with Crippen molar-refractivity contribution in [3.63, 3.8) is 0 Å². The molecule has 1 rings (SSSR count). The summed E-state index contributed by atoms with van der Waals surface area (Å²) in [5, 5.41) is 6.55. The second-order valence-corrected chi connectivity index (χ2v) is 4.55. The van der Waals surface area contributed by atoms with E-state index in [1.54, 1.807) is 14.2 Å². The molecule has 0 aliphatic rings. The lowest BCUT2D eigenvalue weighted by Crippen LogP contribution is -2.38. The van der Waals surface area contributed by atoms with E-state index in [-0.39, 0.29) is 0 Å². The van der Waals surface area contributed by atoms with Gasteiger partial charge < -0.3 is 15.4 Å². The number of guanidine groups is 1. The van der Waals surface area contributed by atoms with Gasteiger partial charge >= 0.3 is 0 Å². The maximum Gasteiger partial charge on any atom is 0.191 e. The summed E-state index contributed by atoms with van der Waals surface area (Å²) in [6.07, 6.45) is 0. The summed E-state index contributed by atoms with van der Waals surface area (Å²) < 4.78 is 5.12. The minimum absolute atomic E-state index is 0.601. The minimum Gasteiger partial charge on any atom is -0.497 e. The van der Waals surface area contributed by atoms with Crippen LogP contribution in [0.4, 0.5) is 0 Å². The van der Waals surface area contributed by atoms with Gasteiger partial charge in [-0.25, -0.2) is 0 Å². The molecule has 4 nitrogen and oxygen atoms in total. The van der Waals surface area contributed by atoms with Crippen LogP contribution in [-0.2, 0) is 6.54 Å². The van der Waals surface area contributed by atoms with Gasteiger partial charge in [0.2, 0.25) is 0 Å². The molecule has 0 aromatic heterocycles. The van der Waals surface area contributed by atoms with Crippen molar-refractivity contribution < 1.29 is 4.74 Å². The molecule has 0 aliphatic carbocycles. The van der Waals surface area contributed by atoms with Crippen LogP contribution in [0.2, 0.25) is 0 Å². The Morgan fingerprint density at radius 2 is 1.89 bits per heavy atom. The van der Waals surface area contributed by atoms with Crippen LogP contribution in [0.25, 0.3) is 0 Å². The van der Waals surface area contributed by atoms with Gasteiger partial charge in [-0.05, 0) is 23.6 Å². The molecular formula is C14H23N3O. The highest BCUT2D eigenvalue weighted by Crippen LogP contribution is 2.10. The summed E-state index contributed by atoms with van der Waals surface area (Å²) in [6, 6.07) is 8.01. The summed E-state index contributed by atoms with van der Waals surface area (Å²) in [4.78, 5) is 4.18. The van der Waals surface area contributed by atoms with Crippen molar-refractivity contribution in [2.45, 2.75) is 20.4 Å². The molecule has 0 unspecified atom stereocenters. The standard InChI is InChI=1S/C14H23N3O/c1-11(2)9-16-14(15-3)17-10-12-5-7-13(18-4)8-6-12/h5-8,11H,9-10H2,1-4H3,(H2,15,16,17). The first kappa shape index (κ1) is 14.4. The Bertz CT molecular complexity index is 371. The first-order chi connectivity index (χ1) is 8.65. The van der Waals surface area contributed by atoms with Crippen molar-refractivity contribution in [3.8, 4) is 5.75 Å². The van der Waals surface area contributed by atoms with Crippen molar-refractivity contribution >= 4 is 5.96 Å². The molecule has 0 spiro atoms. The Kier molecular flexibility index (Phi) is 6.05. The van der Waals surface area contributed by atoms with Gasteiger partial charge in [0.25, 0.3) is 0 Å². The zero-order valence-electron chi connectivity index (χ0n) is 11.7. The summed E-state index contributed by atoms with van der Waals surface area (Å²) in [6.45, 7) is 6.01. The highest BCUT2D eigenvalue weighted by molar-refractivity contribution is 5.79. The van der Waals surface area contributed by atoms with Crippen molar-refractivity contribution in [2.75, 3.05) is 20.7 Å². The van der Waals surface area contributed by atoms with E-state index in [1.807, 2.05) is 24.3 Å². The first-order valence-electron chi connectivity index (χ1n) is 6.23. The lowest BCUT2D eigenvalue weighted by Gasteiger charge is -2.13. The number of methoxy groups -OCH3 is 1. The van der Waals surface area contributed by atoms with E-state index >= 15 is 0 Å². The smallest absolute Gasteiger partial charge is 0.191 e. The Balaban J connectivity index is 2.42. The number of nitrogens with zero attached hydrogens (tertiary/aromatic N) is 1. The molecule has 100 valence electrons. The predicted molar refractivity (Wildman–Crippen MR) is 76.0 cm³/mol. The maximum atomic E-state index is 5.12. The third-order valence-electron chi connectivity index (χ3n) is 2.52. The zero-order chi connectivity index (χ0) is 13.4. The van der Waals surface area contributed by atoms with E-state index in [1.165, 1.54) is 5.56 Å². The number of benzene rings is 1. The molecule has 1 aromatic rings. The predicted octanol–water partition coefficient (Wildman–Crippen LogP) is 2.02. The van der Waals surface area contributed by atoms with Crippen LogP contribution in [0.3, 0.4) is 0 Å². The zero-order valence-corrected chi connectivity index (χ0v) is 11.7. The van der Waals surface area contributed by atoms with E-state index < -0.39 is 0 Å². The molecule has 0 heterocycles. The van der Waals surface area contributed by atoms with E-state index in [9.17, 15) is 0 Å². The Hall–Kier alpha value is -1.71. The summed E-state index contributed by atoms with van der Waals surface area (Å²) in [5.74, 6) is 2.31. The van der Waals surface area contributed by atoms with Crippen LogP contribution in [0, 0.1) is 5.92 Å². The summed E-state index contributed by atoms with van der Waals surface area (Å²) in [5.41, 5.74) is 1.20. The Morgan fingerprint density at radius 3 is 2.39 bits per heavy atom. The van der Waals surface area contributed by atoms with Gasteiger partial charge in [0.1, 0.15) is 5.75 Å². The molecule has 0 radical (unpaired) electrons. The van der Waals surface area contributed by atoms with Crippen molar-refractivity contribution in [1.82, 2.24) is 10.6 Å². The molecule has 0 bridgehead atoms. The van der Waals surface area contributed by atoms with E-state index in [4.69, 9.17) is 4.74 Å². The number of rotatable bonds is 5. The SMILES string of the molecule is CN=C(NCc1ccc(OC)cc1)NCC(C)C. The summed E-state index contributed by atoms with van der Waals surface area (Å²) in [7, 11) is 3.45. The van der Waals surface area contributed by atoms with Crippen molar-refractivity contribution in [2.24, 2.45) is 10.9 Å². The third-order valence-corrected chi connectivity index (χ3v) is 2.52. The third kappa shape index (κ3) is 5.08. The highest BCUT2D eigenvalue weighted by atomic mass is 16.5. The molecule has 0 amide bonds. The second-order valence-electron chi connectivity index (χ2n) is 4.55. The normalized spacial score (nSPS) is 11.5. The van der Waals surface area contributed by atoms with E-state index in [0.29, 0.717) is 5.92 Å². The van der Waals surface area contributed by atoms with Crippen LogP contribution in [0.5, 0.6) is 5.75 Å². The quantitative estimate of drug-likeness (QED) is 0.620. The van der Waals surface area contributed by atoms with Gasteiger partial charge in [-0.2, -0.15) is 0 Å². The Morgan fingerprint density at radius 1 is 1.22 bits per heavy atom. The van der Waals surface area contributed by atoms with Gasteiger partial charge in [0, 0.05) is 20.1 Å². The highest BCUT2D eigenvalue weighted by Gasteiger charge is 2.00. The van der Waals surface area contributed by atoms with Crippen LogP contribution in [0.15, 0.2) is 29.3 Å². The molecule has 0 saturated heterocycles. The molecule has 1 aromatic carbocycles. The number of nitrogens with one attached hydrogen (secondary N) is 2. The Labute approximate surface area is 109 Å². The number of hydrogen-bond donors (Lipinski definition) is 2. The molecule has 0 atom stereocenters. The van der Waals surface area contributed by atoms with Crippen molar-refractivity contribution in [1.29, 1.82) is 0 Å². The number of hydrogen-bond acceptors (Lipinski definition) is 2. The van der Waals surface area contributed by atoms with Gasteiger partial charge in [0.15, 0.2) is 5.96 Å². The maximum absolute atomic E-state index is 5.12. The molecule has 0 aliphatic heterocycles. The minimum atomic E-state index is 0.601. The lowest BCUT2D eigenvalue weighted by atomic mass is 10.2. The monoisotopic (exact) mass is 249 g/mol. The average molecular weight is 249 g/mol. The molecule has 2 N–H and O–H groups in total. The van der Waals surface area contributed by atoms with Crippen molar-refractivity contribution in [3.05, 3.63) is 29.8 Å².